The van der Waals surface area contributed by atoms with E-state index in [0.717, 1.165) is 86.1 Å². The maximum atomic E-state index is 13.5. The average Bonchev–Trinajstić information content (AvgIpc) is 3.78. The zero-order chi connectivity index (χ0) is 26.9. The van der Waals surface area contributed by atoms with Crippen LogP contribution in [0.15, 0.2) is 47.5 Å². The minimum absolute atomic E-state index is 0.101. The largest absolute Gasteiger partial charge is 0.342 e. The normalized spacial score (nSPS) is 23.9. The van der Waals surface area contributed by atoms with Crippen molar-refractivity contribution in [3.63, 3.8) is 0 Å². The highest BCUT2D eigenvalue weighted by molar-refractivity contribution is 7.93. The zero-order valence-corrected chi connectivity index (χ0v) is 23.0. The molecule has 5 aliphatic rings. The first kappa shape index (κ1) is 24.8. The Morgan fingerprint density at radius 2 is 1.82 bits per heavy atom. The number of hydrogen-bond acceptors (Lipinski definition) is 5. The minimum atomic E-state index is -3.33. The van der Waals surface area contributed by atoms with E-state index in [0.29, 0.717) is 12.2 Å². The standard InChI is InChI=1S/C30H34N4O4S/c1-19-15-23(22-3-2-4-24(16-22)32-39(37,38)25-8-9-25)7-10-26(19)27-31-30(12-13-30)29(36)34(27)18-20-11-14-33(17-20)28(35)21-5-6-21/h2-4,7,10,15-16,20-21,25,32H,5-6,8-9,11-14,17-18H2,1H3/t20-/m1/s1. The Kier molecular flexibility index (Phi) is 5.67. The fourth-order valence-electron chi connectivity index (χ4n) is 5.99. The first-order valence-corrected chi connectivity index (χ1v) is 15.7. The van der Waals surface area contributed by atoms with Gasteiger partial charge in [-0.25, -0.2) is 8.42 Å². The van der Waals surface area contributed by atoms with Gasteiger partial charge in [0.1, 0.15) is 11.4 Å². The summed E-state index contributed by atoms with van der Waals surface area (Å²) < 4.78 is 27.5. The van der Waals surface area contributed by atoms with Crippen molar-refractivity contribution in [3.05, 3.63) is 53.6 Å². The predicted octanol–water partition coefficient (Wildman–Crippen LogP) is 3.95. The van der Waals surface area contributed by atoms with Gasteiger partial charge in [0.15, 0.2) is 0 Å². The molecule has 1 N–H and O–H groups in total. The van der Waals surface area contributed by atoms with Crippen LogP contribution >= 0.6 is 0 Å². The monoisotopic (exact) mass is 546 g/mol. The third-order valence-corrected chi connectivity index (χ3v) is 10.7. The smallest absolute Gasteiger partial charge is 0.256 e. The molecule has 7 rings (SSSR count). The molecule has 2 heterocycles. The summed E-state index contributed by atoms with van der Waals surface area (Å²) in [7, 11) is -3.33. The molecule has 0 unspecified atom stereocenters. The molecular formula is C30H34N4O4S. The first-order chi connectivity index (χ1) is 18.7. The van der Waals surface area contributed by atoms with Crippen LogP contribution in [-0.2, 0) is 19.6 Å². The third kappa shape index (κ3) is 4.64. The molecule has 204 valence electrons. The summed E-state index contributed by atoms with van der Waals surface area (Å²) in [6, 6.07) is 13.6. The molecule has 9 heteroatoms. The molecule has 2 aliphatic heterocycles. The SMILES string of the molecule is Cc1cc(-c2cccc(NS(=O)(=O)C3CC3)c2)ccc1C1=NC2(CC2)C(=O)N1C[C@@H]1CCN(C(=O)C2CC2)C1. The van der Waals surface area contributed by atoms with Gasteiger partial charge >= 0.3 is 0 Å². The summed E-state index contributed by atoms with van der Waals surface area (Å²) in [5.41, 5.74) is 3.85. The van der Waals surface area contributed by atoms with E-state index in [1.165, 1.54) is 0 Å². The second kappa shape index (κ2) is 8.91. The number of nitrogens with one attached hydrogen (secondary N) is 1. The van der Waals surface area contributed by atoms with Crippen LogP contribution in [0.2, 0.25) is 0 Å². The van der Waals surface area contributed by atoms with Gasteiger partial charge < -0.3 is 4.90 Å². The first-order valence-electron chi connectivity index (χ1n) is 14.2. The molecule has 39 heavy (non-hydrogen) atoms. The summed E-state index contributed by atoms with van der Waals surface area (Å²) in [5.74, 6) is 1.62. The molecule has 1 atom stereocenters. The van der Waals surface area contributed by atoms with Gasteiger partial charge in [0.25, 0.3) is 5.91 Å². The Morgan fingerprint density at radius 3 is 2.51 bits per heavy atom. The van der Waals surface area contributed by atoms with Gasteiger partial charge in [-0.1, -0.05) is 30.3 Å². The molecule has 1 spiro atoms. The average molecular weight is 547 g/mol. The Hall–Kier alpha value is -3.20. The van der Waals surface area contributed by atoms with Crippen LogP contribution in [0.1, 0.15) is 56.1 Å². The number of hydrogen-bond donors (Lipinski definition) is 1. The van der Waals surface area contributed by atoms with Crippen LogP contribution in [0.5, 0.6) is 0 Å². The maximum absolute atomic E-state index is 13.5. The maximum Gasteiger partial charge on any atom is 0.256 e. The Balaban J connectivity index is 1.11. The van der Waals surface area contributed by atoms with E-state index in [9.17, 15) is 18.0 Å². The van der Waals surface area contributed by atoms with E-state index < -0.39 is 15.6 Å². The quantitative estimate of drug-likeness (QED) is 0.542. The van der Waals surface area contributed by atoms with Crippen molar-refractivity contribution in [2.75, 3.05) is 24.4 Å². The number of benzene rings is 2. The van der Waals surface area contributed by atoms with E-state index in [1.54, 1.807) is 6.07 Å². The molecule has 0 radical (unpaired) electrons. The van der Waals surface area contributed by atoms with Gasteiger partial charge in [-0.3, -0.25) is 24.2 Å². The Bertz CT molecular complexity index is 1500. The second-order valence-corrected chi connectivity index (χ2v) is 14.0. The van der Waals surface area contributed by atoms with Gasteiger partial charge in [-0.15, -0.1) is 0 Å². The Labute approximate surface area is 229 Å². The molecule has 2 amide bonds. The summed E-state index contributed by atoms with van der Waals surface area (Å²) >= 11 is 0. The van der Waals surface area contributed by atoms with Crippen molar-refractivity contribution in [2.24, 2.45) is 16.8 Å². The number of carbonyl (C=O) groups excluding carboxylic acids is 2. The number of aryl methyl sites for hydroxylation is 1. The van der Waals surface area contributed by atoms with Gasteiger partial charge in [0.05, 0.1) is 5.25 Å². The van der Waals surface area contributed by atoms with Crippen molar-refractivity contribution in [3.8, 4) is 11.1 Å². The van der Waals surface area contributed by atoms with Crippen molar-refractivity contribution < 1.29 is 18.0 Å². The van der Waals surface area contributed by atoms with E-state index in [1.807, 2.05) is 47.1 Å². The predicted molar refractivity (Wildman–Crippen MR) is 150 cm³/mol. The number of likely N-dealkylation sites (tertiary alicyclic amines) is 1. The number of carbonyl (C=O) groups is 2. The molecule has 1 saturated heterocycles. The van der Waals surface area contributed by atoms with Crippen LogP contribution in [0, 0.1) is 18.8 Å². The zero-order valence-electron chi connectivity index (χ0n) is 22.2. The summed E-state index contributed by atoms with van der Waals surface area (Å²) in [5, 5.41) is -0.277. The Morgan fingerprint density at radius 1 is 1.05 bits per heavy atom. The van der Waals surface area contributed by atoms with E-state index >= 15 is 0 Å². The molecule has 0 aromatic heterocycles. The molecule has 8 nitrogen and oxygen atoms in total. The number of rotatable bonds is 8. The molecular weight excluding hydrogens is 512 g/mol. The lowest BCUT2D eigenvalue weighted by Gasteiger charge is -2.24. The minimum Gasteiger partial charge on any atom is -0.342 e. The molecule has 3 aliphatic carbocycles. The molecule has 3 saturated carbocycles. The number of anilines is 1. The fourth-order valence-corrected chi connectivity index (χ4v) is 7.37. The second-order valence-electron chi connectivity index (χ2n) is 12.1. The highest BCUT2D eigenvalue weighted by atomic mass is 32.2. The number of amides is 2. The summed E-state index contributed by atoms with van der Waals surface area (Å²) in [6.45, 7) is 4.13. The van der Waals surface area contributed by atoms with Gasteiger partial charge in [-0.2, -0.15) is 0 Å². The van der Waals surface area contributed by atoms with Crippen molar-refractivity contribution in [2.45, 2.75) is 62.7 Å². The number of aliphatic imine (C=N–C) groups is 1. The molecule has 4 fully saturated rings. The molecule has 0 bridgehead atoms. The van der Waals surface area contributed by atoms with Gasteiger partial charge in [-0.05, 0) is 86.6 Å². The lowest BCUT2D eigenvalue weighted by atomic mass is 9.98. The number of nitrogens with zero attached hydrogens (tertiary/aromatic N) is 3. The molecule has 2 aromatic rings. The number of amidine groups is 1. The molecule has 2 aromatic carbocycles. The lowest BCUT2D eigenvalue weighted by molar-refractivity contribution is -0.131. The van der Waals surface area contributed by atoms with E-state index in [2.05, 4.69) is 10.8 Å². The fraction of sp³-hybridized carbons (Fsp3) is 0.500. The summed E-state index contributed by atoms with van der Waals surface area (Å²) in [4.78, 5) is 34.9. The highest BCUT2D eigenvalue weighted by Crippen LogP contribution is 2.46. The van der Waals surface area contributed by atoms with Crippen LogP contribution in [0.3, 0.4) is 0 Å². The van der Waals surface area contributed by atoms with Crippen LogP contribution in [0.25, 0.3) is 11.1 Å². The van der Waals surface area contributed by atoms with E-state index in [4.69, 9.17) is 4.99 Å². The topological polar surface area (TPSA) is 99.1 Å². The lowest BCUT2D eigenvalue weighted by Crippen LogP contribution is -2.41. The highest BCUT2D eigenvalue weighted by Gasteiger charge is 2.57. The van der Waals surface area contributed by atoms with Crippen LogP contribution in [-0.4, -0.2) is 66.3 Å². The van der Waals surface area contributed by atoms with Gasteiger partial charge in [0.2, 0.25) is 15.9 Å². The van der Waals surface area contributed by atoms with Gasteiger partial charge in [0, 0.05) is 36.8 Å². The van der Waals surface area contributed by atoms with Crippen molar-refractivity contribution in [1.29, 1.82) is 0 Å². The van der Waals surface area contributed by atoms with Crippen LogP contribution in [0.4, 0.5) is 5.69 Å². The summed E-state index contributed by atoms with van der Waals surface area (Å²) in [6.07, 6.45) is 5.98. The van der Waals surface area contributed by atoms with Crippen LogP contribution < -0.4 is 4.72 Å². The van der Waals surface area contributed by atoms with E-state index in [-0.39, 0.29) is 28.9 Å². The number of sulfonamides is 1. The van der Waals surface area contributed by atoms with Crippen molar-refractivity contribution in [1.82, 2.24) is 9.80 Å². The third-order valence-electron chi connectivity index (χ3n) is 8.79. The van der Waals surface area contributed by atoms with Crippen molar-refractivity contribution >= 4 is 33.4 Å².